The number of piperidine rings is 1. The van der Waals surface area contributed by atoms with E-state index in [-0.39, 0.29) is 11.5 Å². The molecule has 2 aliphatic rings. The number of carbonyl (C=O) groups is 1. The highest BCUT2D eigenvalue weighted by Crippen LogP contribution is 2.47. The van der Waals surface area contributed by atoms with Crippen molar-refractivity contribution < 1.29 is 23.1 Å². The van der Waals surface area contributed by atoms with Crippen molar-refractivity contribution in [1.29, 1.82) is 0 Å². The van der Waals surface area contributed by atoms with Crippen LogP contribution >= 0.6 is 23.4 Å². The number of hydrogen-bond donors (Lipinski definition) is 3. The molecule has 0 aliphatic carbocycles. The fraction of sp³-hybridized carbons (Fsp3) is 0.333. The van der Waals surface area contributed by atoms with Gasteiger partial charge in [0, 0.05) is 42.3 Å². The zero-order valence-electron chi connectivity index (χ0n) is 20.7. The number of aromatic nitrogens is 6. The third-order valence-electron chi connectivity index (χ3n) is 6.98. The van der Waals surface area contributed by atoms with Crippen LogP contribution < -0.4 is 16.4 Å². The Kier molecular flexibility index (Phi) is 7.46. The normalized spacial score (nSPS) is 17.9. The van der Waals surface area contributed by atoms with E-state index in [0.717, 1.165) is 59.4 Å². The van der Waals surface area contributed by atoms with Gasteiger partial charge >= 0.3 is 12.1 Å². The second kappa shape index (κ2) is 10.7. The molecule has 6 rings (SSSR count). The van der Waals surface area contributed by atoms with Gasteiger partial charge in [-0.15, -0.1) is 0 Å². The first kappa shape index (κ1) is 27.9. The fourth-order valence-electron chi connectivity index (χ4n) is 4.82. The van der Waals surface area contributed by atoms with E-state index in [1.165, 1.54) is 11.8 Å². The van der Waals surface area contributed by atoms with Crippen LogP contribution in [0.2, 0.25) is 5.02 Å². The molecule has 1 saturated heterocycles. The van der Waals surface area contributed by atoms with Crippen molar-refractivity contribution in [2.45, 2.75) is 41.5 Å². The first-order valence-electron chi connectivity index (χ1n) is 12.0. The summed E-state index contributed by atoms with van der Waals surface area (Å²) in [6, 6.07) is 7.75. The second-order valence-electron chi connectivity index (χ2n) is 9.37. The van der Waals surface area contributed by atoms with Crippen molar-refractivity contribution >= 4 is 52.1 Å². The number of alkyl halides is 3. The molecule has 4 aromatic heterocycles. The number of nitrogen functional groups attached to an aromatic ring is 1. The number of rotatable bonds is 3. The number of fused-ring (bicyclic) bond motifs is 2. The summed E-state index contributed by atoms with van der Waals surface area (Å²) >= 11 is 7.68. The summed E-state index contributed by atoms with van der Waals surface area (Å²) in [6.07, 6.45) is 2.19. The SMILES string of the molecule is Nc1nccc(Sc2ccc3nc(N4CCC5(CC4)Cn4nccc4[C@H]5N)cnc3n2)c1Cl.O=C(O)C(F)(F)F. The summed E-state index contributed by atoms with van der Waals surface area (Å²) in [5.41, 5.74) is 15.0. The van der Waals surface area contributed by atoms with Gasteiger partial charge in [0.15, 0.2) is 5.65 Å². The molecule has 1 fully saturated rings. The van der Waals surface area contributed by atoms with Gasteiger partial charge in [-0.25, -0.2) is 24.7 Å². The van der Waals surface area contributed by atoms with Crippen LogP contribution in [0.4, 0.5) is 24.8 Å². The number of nitrogens with zero attached hydrogens (tertiary/aromatic N) is 7. The highest BCUT2D eigenvalue weighted by atomic mass is 35.5. The predicted molar refractivity (Wildman–Crippen MR) is 142 cm³/mol. The Morgan fingerprint density at radius 3 is 2.52 bits per heavy atom. The summed E-state index contributed by atoms with van der Waals surface area (Å²) in [5.74, 6) is -1.58. The zero-order valence-corrected chi connectivity index (χ0v) is 22.3. The first-order valence-corrected chi connectivity index (χ1v) is 13.2. The molecule has 0 aromatic carbocycles. The molecular weight excluding hydrogens is 571 g/mol. The van der Waals surface area contributed by atoms with Crippen molar-refractivity contribution in [3.05, 3.63) is 53.6 Å². The Labute approximate surface area is 234 Å². The van der Waals surface area contributed by atoms with Crippen LogP contribution in [0.5, 0.6) is 0 Å². The monoisotopic (exact) mass is 593 g/mol. The third-order valence-corrected chi connectivity index (χ3v) is 8.49. The topological polar surface area (TPSA) is 162 Å². The molecular formula is C24H23ClF3N9O2S. The molecule has 2 aliphatic heterocycles. The van der Waals surface area contributed by atoms with Crippen LogP contribution in [0.3, 0.4) is 0 Å². The number of halogens is 4. The molecule has 0 amide bonds. The molecule has 0 saturated carbocycles. The van der Waals surface area contributed by atoms with E-state index in [2.05, 4.69) is 29.6 Å². The lowest BCUT2D eigenvalue weighted by Crippen LogP contribution is -2.45. The number of carboxylic acid groups (broad SMARTS) is 1. The van der Waals surface area contributed by atoms with Gasteiger partial charge in [-0.05, 0) is 37.1 Å². The fourth-order valence-corrected chi connectivity index (χ4v) is 5.86. The number of nitrogens with two attached hydrogens (primary N) is 2. The Hall–Kier alpha value is -3.69. The Morgan fingerprint density at radius 2 is 1.85 bits per heavy atom. The predicted octanol–water partition coefficient (Wildman–Crippen LogP) is 3.94. The van der Waals surface area contributed by atoms with Gasteiger partial charge in [-0.2, -0.15) is 18.3 Å². The molecule has 6 heterocycles. The minimum absolute atomic E-state index is 0.0363. The summed E-state index contributed by atoms with van der Waals surface area (Å²) in [7, 11) is 0. The van der Waals surface area contributed by atoms with E-state index in [9.17, 15) is 13.2 Å². The van der Waals surface area contributed by atoms with Gasteiger partial charge in [0.2, 0.25) is 0 Å². The summed E-state index contributed by atoms with van der Waals surface area (Å²) < 4.78 is 33.8. The molecule has 0 bridgehead atoms. The molecule has 0 radical (unpaired) electrons. The third kappa shape index (κ3) is 5.48. The average molecular weight is 594 g/mol. The second-order valence-corrected chi connectivity index (χ2v) is 10.8. The van der Waals surface area contributed by atoms with Gasteiger partial charge in [0.25, 0.3) is 0 Å². The summed E-state index contributed by atoms with van der Waals surface area (Å²) in [4.78, 5) is 30.0. The van der Waals surface area contributed by atoms with Gasteiger partial charge < -0.3 is 21.5 Å². The van der Waals surface area contributed by atoms with E-state index in [4.69, 9.17) is 38.0 Å². The molecule has 11 nitrogen and oxygen atoms in total. The zero-order chi connectivity index (χ0) is 28.7. The van der Waals surface area contributed by atoms with Gasteiger partial charge in [-0.3, -0.25) is 4.68 Å². The first-order chi connectivity index (χ1) is 19.0. The number of aliphatic carboxylic acids is 1. The van der Waals surface area contributed by atoms with Crippen LogP contribution in [-0.4, -0.2) is 60.1 Å². The molecule has 210 valence electrons. The highest BCUT2D eigenvalue weighted by molar-refractivity contribution is 7.99. The van der Waals surface area contributed by atoms with Crippen LogP contribution in [0, 0.1) is 5.41 Å². The van der Waals surface area contributed by atoms with Crippen molar-refractivity contribution in [2.24, 2.45) is 11.1 Å². The number of hydrogen-bond acceptors (Lipinski definition) is 10. The maximum absolute atomic E-state index is 10.6. The lowest BCUT2D eigenvalue weighted by molar-refractivity contribution is -0.192. The van der Waals surface area contributed by atoms with E-state index >= 15 is 0 Å². The smallest absolute Gasteiger partial charge is 0.475 e. The number of anilines is 2. The molecule has 40 heavy (non-hydrogen) atoms. The maximum Gasteiger partial charge on any atom is 0.490 e. The average Bonchev–Trinajstić information content (AvgIpc) is 3.47. The molecule has 1 atom stereocenters. The van der Waals surface area contributed by atoms with Crippen molar-refractivity contribution in [1.82, 2.24) is 29.7 Å². The maximum atomic E-state index is 10.6. The summed E-state index contributed by atoms with van der Waals surface area (Å²) in [5, 5.41) is 12.7. The number of pyridine rings is 2. The van der Waals surface area contributed by atoms with Crippen LogP contribution in [0.1, 0.15) is 24.6 Å². The van der Waals surface area contributed by atoms with Crippen molar-refractivity contribution in [3.8, 4) is 0 Å². The standard InChI is InChI=1S/C22H22ClN9S.C2HF3O2/c23-18-15(4-7-26-20(18)25)33-17-2-1-13-21(30-17)27-11-16(29-13)31-9-5-22(6-10-31)12-32-14(19(22)24)3-8-28-32;3-2(4,5)1(6)7/h1-4,7-8,11,19H,5-6,9-10,12,24H2,(H2,25,26);(H,6,7)/t19-;/m1./s1. The molecule has 5 N–H and O–H groups in total. The van der Waals surface area contributed by atoms with Crippen molar-refractivity contribution in [2.75, 3.05) is 23.7 Å². The van der Waals surface area contributed by atoms with E-state index in [1.54, 1.807) is 12.4 Å². The largest absolute Gasteiger partial charge is 0.490 e. The Morgan fingerprint density at radius 1 is 1.12 bits per heavy atom. The molecule has 0 unspecified atom stereocenters. The van der Waals surface area contributed by atoms with Crippen LogP contribution in [0.25, 0.3) is 11.2 Å². The lowest BCUT2D eigenvalue weighted by atomic mass is 9.73. The van der Waals surface area contributed by atoms with Gasteiger partial charge in [0.05, 0.1) is 23.0 Å². The quantitative estimate of drug-likeness (QED) is 0.315. The lowest BCUT2D eigenvalue weighted by Gasteiger charge is -2.41. The minimum atomic E-state index is -5.08. The molecule has 1 spiro atoms. The van der Waals surface area contributed by atoms with E-state index in [0.29, 0.717) is 16.5 Å². The van der Waals surface area contributed by atoms with Crippen molar-refractivity contribution in [3.63, 3.8) is 0 Å². The molecule has 4 aromatic rings. The van der Waals surface area contributed by atoms with E-state index in [1.807, 2.05) is 30.5 Å². The highest BCUT2D eigenvalue weighted by Gasteiger charge is 2.47. The Balaban J connectivity index is 0.000000411. The van der Waals surface area contributed by atoms with Crippen LogP contribution in [-0.2, 0) is 11.3 Å². The van der Waals surface area contributed by atoms with Gasteiger partial charge in [-0.1, -0.05) is 23.4 Å². The van der Waals surface area contributed by atoms with Gasteiger partial charge in [0.1, 0.15) is 22.2 Å². The Bertz CT molecular complexity index is 1560. The van der Waals surface area contributed by atoms with Crippen LogP contribution in [0.15, 0.2) is 52.8 Å². The van der Waals surface area contributed by atoms with E-state index < -0.39 is 12.1 Å². The number of carboxylic acids is 1. The summed E-state index contributed by atoms with van der Waals surface area (Å²) in [6.45, 7) is 2.68. The minimum Gasteiger partial charge on any atom is -0.475 e. The molecule has 16 heteroatoms.